The molecule has 1 amide bonds. The van der Waals surface area contributed by atoms with Crippen molar-refractivity contribution in [3.05, 3.63) is 74.9 Å². The number of thiophene rings is 1. The Bertz CT molecular complexity index is 1060. The molecule has 0 aliphatic heterocycles. The zero-order valence-electron chi connectivity index (χ0n) is 18.2. The van der Waals surface area contributed by atoms with E-state index in [2.05, 4.69) is 62.4 Å². The van der Waals surface area contributed by atoms with Gasteiger partial charge in [-0.3, -0.25) is 9.59 Å². The Balaban J connectivity index is 1.76. The number of carbonyl (C=O) groups excluding carboxylic acids is 1. The summed E-state index contributed by atoms with van der Waals surface area (Å²) in [5, 5.41) is 7.49. The van der Waals surface area contributed by atoms with Crippen molar-refractivity contribution >= 4 is 17.2 Å². The highest BCUT2D eigenvalue weighted by molar-refractivity contribution is 7.15. The van der Waals surface area contributed by atoms with E-state index in [1.165, 1.54) is 21.2 Å². The van der Waals surface area contributed by atoms with Crippen LogP contribution in [0.3, 0.4) is 0 Å². The molecule has 0 saturated heterocycles. The monoisotopic (exact) mass is 423 g/mol. The Morgan fingerprint density at radius 3 is 2.23 bits per heavy atom. The zero-order chi connectivity index (χ0) is 21.8. The third-order valence-electron chi connectivity index (χ3n) is 5.10. The van der Waals surface area contributed by atoms with Gasteiger partial charge in [0.05, 0.1) is 10.9 Å². The molecule has 2 aromatic heterocycles. The van der Waals surface area contributed by atoms with Crippen LogP contribution < -0.4 is 10.9 Å². The lowest BCUT2D eigenvalue weighted by atomic mass is 9.93. The normalized spacial score (nSPS) is 12.4. The predicted molar refractivity (Wildman–Crippen MR) is 123 cm³/mol. The fraction of sp³-hybridized carbons (Fsp3) is 0.375. The average molecular weight is 424 g/mol. The van der Waals surface area contributed by atoms with E-state index in [9.17, 15) is 9.59 Å². The van der Waals surface area contributed by atoms with Gasteiger partial charge in [0, 0.05) is 10.9 Å². The molecule has 3 aromatic rings. The number of amides is 1. The minimum absolute atomic E-state index is 0.107. The van der Waals surface area contributed by atoms with Crippen molar-refractivity contribution in [1.29, 1.82) is 0 Å². The largest absolute Gasteiger partial charge is 0.347 e. The number of nitrogens with zero attached hydrogens (tertiary/aromatic N) is 2. The van der Waals surface area contributed by atoms with Crippen molar-refractivity contribution in [2.24, 2.45) is 5.92 Å². The highest BCUT2D eigenvalue weighted by atomic mass is 32.1. The van der Waals surface area contributed by atoms with Crippen LogP contribution in [0.1, 0.15) is 55.7 Å². The molecule has 0 saturated carbocycles. The van der Waals surface area contributed by atoms with Gasteiger partial charge >= 0.3 is 0 Å². The minimum Gasteiger partial charge on any atom is -0.347 e. The number of benzene rings is 1. The third kappa shape index (κ3) is 5.25. The summed E-state index contributed by atoms with van der Waals surface area (Å²) in [6.07, 6.45) is 0. The molecule has 1 aromatic carbocycles. The fourth-order valence-corrected chi connectivity index (χ4v) is 4.18. The third-order valence-corrected chi connectivity index (χ3v) is 6.12. The van der Waals surface area contributed by atoms with Crippen molar-refractivity contribution < 1.29 is 4.79 Å². The molecule has 1 unspecified atom stereocenters. The Labute approximate surface area is 181 Å². The Morgan fingerprint density at radius 1 is 1.00 bits per heavy atom. The van der Waals surface area contributed by atoms with Crippen molar-refractivity contribution in [3.63, 3.8) is 0 Å². The first kappa shape index (κ1) is 22.0. The first-order chi connectivity index (χ1) is 14.2. The van der Waals surface area contributed by atoms with Crippen LogP contribution in [0.25, 0.3) is 10.6 Å². The van der Waals surface area contributed by atoms with Crippen LogP contribution in [0.5, 0.6) is 0 Å². The van der Waals surface area contributed by atoms with E-state index in [0.717, 1.165) is 10.4 Å². The van der Waals surface area contributed by atoms with Crippen LogP contribution in [-0.4, -0.2) is 15.7 Å². The maximum atomic E-state index is 12.8. The van der Waals surface area contributed by atoms with Gasteiger partial charge in [0.1, 0.15) is 12.2 Å². The molecular formula is C24H29N3O2S. The summed E-state index contributed by atoms with van der Waals surface area (Å²) in [5.41, 5.74) is 2.74. The van der Waals surface area contributed by atoms with Crippen molar-refractivity contribution in [2.75, 3.05) is 0 Å². The van der Waals surface area contributed by atoms with Gasteiger partial charge in [-0.2, -0.15) is 5.10 Å². The number of aryl methyl sites for hydroxylation is 1. The molecule has 1 atom stereocenters. The van der Waals surface area contributed by atoms with Gasteiger partial charge in [-0.05, 0) is 48.1 Å². The summed E-state index contributed by atoms with van der Waals surface area (Å²) in [6, 6.07) is 15.4. The lowest BCUT2D eigenvalue weighted by Crippen LogP contribution is -2.37. The topological polar surface area (TPSA) is 64.0 Å². The standard InChI is InChI=1S/C24H29N3O2S/c1-15(2)18-7-9-19(10-8-18)24(16(3)4)25-22(28)14-27-23(29)13-11-20(26-27)21-12-6-17(5)30-21/h6-13,15-16,24H,14H2,1-5H3,(H,25,28). The average Bonchev–Trinajstić information content (AvgIpc) is 3.14. The van der Waals surface area contributed by atoms with E-state index in [1.54, 1.807) is 17.4 Å². The zero-order valence-corrected chi connectivity index (χ0v) is 19.0. The van der Waals surface area contributed by atoms with Crippen LogP contribution in [0.2, 0.25) is 0 Å². The molecule has 30 heavy (non-hydrogen) atoms. The second-order valence-corrected chi connectivity index (χ2v) is 9.52. The van der Waals surface area contributed by atoms with Gasteiger partial charge in [0.25, 0.3) is 5.56 Å². The summed E-state index contributed by atoms with van der Waals surface area (Å²) in [7, 11) is 0. The molecule has 1 N–H and O–H groups in total. The summed E-state index contributed by atoms with van der Waals surface area (Å²) < 4.78 is 1.24. The number of rotatable bonds is 7. The van der Waals surface area contributed by atoms with Crippen LogP contribution in [0, 0.1) is 12.8 Å². The highest BCUT2D eigenvalue weighted by Crippen LogP contribution is 2.26. The molecule has 0 spiro atoms. The molecule has 0 aliphatic carbocycles. The second kappa shape index (κ2) is 9.39. The molecule has 0 fully saturated rings. The van der Waals surface area contributed by atoms with E-state index in [1.807, 2.05) is 19.1 Å². The van der Waals surface area contributed by atoms with E-state index in [4.69, 9.17) is 0 Å². The first-order valence-corrected chi connectivity index (χ1v) is 11.1. The molecule has 6 heteroatoms. The van der Waals surface area contributed by atoms with E-state index < -0.39 is 0 Å². The van der Waals surface area contributed by atoms with Crippen molar-refractivity contribution in [2.45, 2.75) is 53.1 Å². The number of carbonyl (C=O) groups is 1. The van der Waals surface area contributed by atoms with E-state index in [-0.39, 0.29) is 30.0 Å². The van der Waals surface area contributed by atoms with Gasteiger partial charge in [0.2, 0.25) is 5.91 Å². The molecule has 5 nitrogen and oxygen atoms in total. The van der Waals surface area contributed by atoms with E-state index >= 15 is 0 Å². The van der Waals surface area contributed by atoms with Crippen LogP contribution >= 0.6 is 11.3 Å². The number of aromatic nitrogens is 2. The molecule has 0 aliphatic rings. The Hall–Kier alpha value is -2.73. The molecule has 3 rings (SSSR count). The van der Waals surface area contributed by atoms with Gasteiger partial charge < -0.3 is 5.32 Å². The Kier molecular flexibility index (Phi) is 6.87. The maximum absolute atomic E-state index is 12.8. The van der Waals surface area contributed by atoms with E-state index in [0.29, 0.717) is 11.6 Å². The SMILES string of the molecule is Cc1ccc(-c2ccc(=O)n(CC(=O)NC(c3ccc(C(C)C)cc3)C(C)C)n2)s1. The van der Waals surface area contributed by atoms with Crippen LogP contribution in [0.15, 0.2) is 53.3 Å². The van der Waals surface area contributed by atoms with Crippen LogP contribution in [0.4, 0.5) is 0 Å². The molecule has 0 bridgehead atoms. The fourth-order valence-electron chi connectivity index (χ4n) is 3.34. The Morgan fingerprint density at radius 2 is 1.67 bits per heavy atom. The number of hydrogen-bond acceptors (Lipinski definition) is 4. The van der Waals surface area contributed by atoms with Gasteiger partial charge in [0.15, 0.2) is 0 Å². The summed E-state index contributed by atoms with van der Waals surface area (Å²) in [5.74, 6) is 0.447. The molecule has 2 heterocycles. The molecular weight excluding hydrogens is 394 g/mol. The first-order valence-electron chi connectivity index (χ1n) is 10.3. The van der Waals surface area contributed by atoms with Crippen molar-refractivity contribution in [1.82, 2.24) is 15.1 Å². The number of nitrogens with one attached hydrogen (secondary N) is 1. The van der Waals surface area contributed by atoms with Gasteiger partial charge in [-0.1, -0.05) is 52.0 Å². The molecule has 158 valence electrons. The highest BCUT2D eigenvalue weighted by Gasteiger charge is 2.19. The quantitative estimate of drug-likeness (QED) is 0.587. The smallest absolute Gasteiger partial charge is 0.267 e. The van der Waals surface area contributed by atoms with Gasteiger partial charge in [-0.25, -0.2) is 4.68 Å². The van der Waals surface area contributed by atoms with Crippen molar-refractivity contribution in [3.8, 4) is 10.6 Å². The lowest BCUT2D eigenvalue weighted by molar-refractivity contribution is -0.123. The second-order valence-electron chi connectivity index (χ2n) is 8.24. The maximum Gasteiger partial charge on any atom is 0.267 e. The summed E-state index contributed by atoms with van der Waals surface area (Å²) in [4.78, 5) is 27.2. The molecule has 0 radical (unpaired) electrons. The number of hydrogen-bond donors (Lipinski definition) is 1. The van der Waals surface area contributed by atoms with Crippen LogP contribution in [-0.2, 0) is 11.3 Å². The lowest BCUT2D eigenvalue weighted by Gasteiger charge is -2.23. The summed E-state index contributed by atoms with van der Waals surface area (Å²) >= 11 is 1.61. The van der Waals surface area contributed by atoms with Gasteiger partial charge in [-0.15, -0.1) is 11.3 Å². The minimum atomic E-state index is -0.287. The predicted octanol–water partition coefficient (Wildman–Crippen LogP) is 4.92. The summed E-state index contributed by atoms with van der Waals surface area (Å²) in [6.45, 7) is 10.4.